The zero-order valence-corrected chi connectivity index (χ0v) is 20.3. The number of anilines is 1. The molecule has 8 heteroatoms. The van der Waals surface area contributed by atoms with Crippen LogP contribution < -0.4 is 5.32 Å². The standard InChI is InChI=1S/C25H31N7O/c1-16(2)15-31-17(3)11-19(18(31)4)12-20(14-26)23(33)29-22-13-21(25(5,6)7)30-32(22)24-27-9-8-10-28-24/h8-13,16H,15H2,1-7H3,(H,29,33)/b20-12-. The van der Waals surface area contributed by atoms with Crippen molar-refractivity contribution in [2.45, 2.75) is 60.4 Å². The average molecular weight is 446 g/mol. The maximum absolute atomic E-state index is 13.1. The molecule has 1 amide bonds. The quantitative estimate of drug-likeness (QED) is 0.442. The number of carbonyl (C=O) groups excluding carboxylic acids is 1. The maximum atomic E-state index is 13.1. The number of amides is 1. The number of nitriles is 1. The van der Waals surface area contributed by atoms with Gasteiger partial charge in [0.2, 0.25) is 0 Å². The van der Waals surface area contributed by atoms with Crippen molar-refractivity contribution in [2.75, 3.05) is 5.32 Å². The number of hydrogen-bond donors (Lipinski definition) is 1. The molecule has 3 rings (SSSR count). The maximum Gasteiger partial charge on any atom is 0.267 e. The molecule has 0 aromatic carbocycles. The molecule has 0 bridgehead atoms. The molecule has 0 aliphatic carbocycles. The van der Waals surface area contributed by atoms with E-state index in [9.17, 15) is 10.1 Å². The van der Waals surface area contributed by atoms with E-state index in [4.69, 9.17) is 0 Å². The molecule has 1 N–H and O–H groups in total. The van der Waals surface area contributed by atoms with Crippen LogP contribution >= 0.6 is 0 Å². The van der Waals surface area contributed by atoms with Gasteiger partial charge in [0.05, 0.1) is 5.69 Å². The van der Waals surface area contributed by atoms with Crippen LogP contribution in [-0.4, -0.2) is 30.2 Å². The van der Waals surface area contributed by atoms with Gasteiger partial charge < -0.3 is 9.88 Å². The predicted molar refractivity (Wildman–Crippen MR) is 129 cm³/mol. The molecule has 0 unspecified atom stereocenters. The summed E-state index contributed by atoms with van der Waals surface area (Å²) in [6.45, 7) is 15.3. The Morgan fingerprint density at radius 2 is 1.88 bits per heavy atom. The van der Waals surface area contributed by atoms with Crippen molar-refractivity contribution in [3.63, 3.8) is 0 Å². The minimum absolute atomic E-state index is 0.0128. The summed E-state index contributed by atoms with van der Waals surface area (Å²) < 4.78 is 3.70. The second-order valence-corrected chi connectivity index (χ2v) is 9.58. The first kappa shape index (κ1) is 23.9. The van der Waals surface area contributed by atoms with Gasteiger partial charge in [-0.3, -0.25) is 4.79 Å². The Labute approximate surface area is 195 Å². The monoisotopic (exact) mass is 445 g/mol. The summed E-state index contributed by atoms with van der Waals surface area (Å²) in [6.07, 6.45) is 4.86. The van der Waals surface area contributed by atoms with Crippen molar-refractivity contribution in [3.05, 3.63) is 58.8 Å². The lowest BCUT2D eigenvalue weighted by atomic mass is 9.92. The normalized spacial score (nSPS) is 12.2. The number of aryl methyl sites for hydroxylation is 1. The summed E-state index contributed by atoms with van der Waals surface area (Å²) in [6, 6.07) is 7.54. The van der Waals surface area contributed by atoms with Gasteiger partial charge in [-0.1, -0.05) is 34.6 Å². The van der Waals surface area contributed by atoms with E-state index in [-0.39, 0.29) is 11.0 Å². The van der Waals surface area contributed by atoms with Crippen LogP contribution in [0.4, 0.5) is 5.82 Å². The predicted octanol–water partition coefficient (Wildman–Crippen LogP) is 4.58. The fourth-order valence-corrected chi connectivity index (χ4v) is 3.50. The van der Waals surface area contributed by atoms with Gasteiger partial charge in [-0.05, 0) is 43.5 Å². The van der Waals surface area contributed by atoms with Crippen LogP contribution in [0.15, 0.2) is 36.2 Å². The van der Waals surface area contributed by atoms with E-state index in [1.54, 1.807) is 30.6 Å². The van der Waals surface area contributed by atoms with E-state index in [1.165, 1.54) is 4.68 Å². The van der Waals surface area contributed by atoms with Crippen LogP contribution in [0.1, 0.15) is 57.3 Å². The Hall–Kier alpha value is -3.73. The lowest BCUT2D eigenvalue weighted by Crippen LogP contribution is -2.17. The molecule has 0 aliphatic heterocycles. The van der Waals surface area contributed by atoms with Crippen LogP contribution in [0.5, 0.6) is 0 Å². The number of rotatable bonds is 6. The van der Waals surface area contributed by atoms with Crippen molar-refractivity contribution in [1.29, 1.82) is 5.26 Å². The smallest absolute Gasteiger partial charge is 0.267 e. The highest BCUT2D eigenvalue weighted by Gasteiger charge is 2.23. The second kappa shape index (κ2) is 9.41. The lowest BCUT2D eigenvalue weighted by Gasteiger charge is -2.13. The highest BCUT2D eigenvalue weighted by molar-refractivity contribution is 6.09. The van der Waals surface area contributed by atoms with E-state index < -0.39 is 5.91 Å². The van der Waals surface area contributed by atoms with Crippen molar-refractivity contribution < 1.29 is 4.79 Å². The number of nitrogens with zero attached hydrogens (tertiary/aromatic N) is 6. The number of aromatic nitrogens is 5. The van der Waals surface area contributed by atoms with Gasteiger partial charge in [-0.2, -0.15) is 15.0 Å². The molecular weight excluding hydrogens is 414 g/mol. The van der Waals surface area contributed by atoms with Crippen LogP contribution in [-0.2, 0) is 16.8 Å². The van der Waals surface area contributed by atoms with Crippen LogP contribution in [0.2, 0.25) is 0 Å². The number of nitrogens with one attached hydrogen (secondary N) is 1. The van der Waals surface area contributed by atoms with E-state index in [0.29, 0.717) is 17.7 Å². The molecule has 172 valence electrons. The van der Waals surface area contributed by atoms with Gasteiger partial charge in [-0.15, -0.1) is 0 Å². The van der Waals surface area contributed by atoms with Crippen molar-refractivity contribution in [1.82, 2.24) is 24.3 Å². The molecule has 0 spiro atoms. The van der Waals surface area contributed by atoms with E-state index in [0.717, 1.165) is 29.2 Å². The fourth-order valence-electron chi connectivity index (χ4n) is 3.50. The van der Waals surface area contributed by atoms with Crippen LogP contribution in [0.25, 0.3) is 12.0 Å². The minimum Gasteiger partial charge on any atom is -0.348 e. The molecule has 3 aromatic rings. The molecule has 33 heavy (non-hydrogen) atoms. The topological polar surface area (TPSA) is 101 Å². The third-order valence-corrected chi connectivity index (χ3v) is 5.29. The minimum atomic E-state index is -0.510. The molecule has 0 saturated carbocycles. The number of carbonyl (C=O) groups is 1. The van der Waals surface area contributed by atoms with Crippen LogP contribution in [0.3, 0.4) is 0 Å². The SMILES string of the molecule is Cc1cc(/C=C(/C#N)C(=O)Nc2cc(C(C)(C)C)nn2-c2ncccn2)c(C)n1CC(C)C. The molecule has 0 radical (unpaired) electrons. The van der Waals surface area contributed by atoms with E-state index >= 15 is 0 Å². The third kappa shape index (κ3) is 5.37. The highest BCUT2D eigenvalue weighted by atomic mass is 16.1. The molecule has 0 fully saturated rings. The molecule has 0 aliphatic rings. The van der Waals surface area contributed by atoms with E-state index in [2.05, 4.69) is 38.8 Å². The Kier molecular flexibility index (Phi) is 6.82. The van der Waals surface area contributed by atoms with Crippen molar-refractivity contribution in [3.8, 4) is 12.0 Å². The zero-order valence-electron chi connectivity index (χ0n) is 20.3. The summed E-state index contributed by atoms with van der Waals surface area (Å²) in [5.74, 6) is 0.720. The Bertz CT molecular complexity index is 1220. The Morgan fingerprint density at radius 1 is 1.21 bits per heavy atom. The van der Waals surface area contributed by atoms with Crippen LogP contribution in [0, 0.1) is 31.1 Å². The summed E-state index contributed by atoms with van der Waals surface area (Å²) in [4.78, 5) is 21.6. The molecule has 0 atom stereocenters. The van der Waals surface area contributed by atoms with Gasteiger partial charge in [0.1, 0.15) is 17.5 Å². The van der Waals surface area contributed by atoms with Gasteiger partial charge in [0, 0.05) is 41.8 Å². The largest absolute Gasteiger partial charge is 0.348 e. The molecule has 8 nitrogen and oxygen atoms in total. The molecule has 0 saturated heterocycles. The Balaban J connectivity index is 1.96. The first-order chi connectivity index (χ1) is 15.5. The Morgan fingerprint density at radius 3 is 2.45 bits per heavy atom. The summed E-state index contributed by atoms with van der Waals surface area (Å²) in [7, 11) is 0. The summed E-state index contributed by atoms with van der Waals surface area (Å²) in [5, 5.41) is 17.2. The van der Waals surface area contributed by atoms with E-state index in [1.807, 2.05) is 46.8 Å². The van der Waals surface area contributed by atoms with Crippen molar-refractivity contribution >= 4 is 17.8 Å². The summed E-state index contributed by atoms with van der Waals surface area (Å²) >= 11 is 0. The van der Waals surface area contributed by atoms with Gasteiger partial charge in [0.15, 0.2) is 0 Å². The molecular formula is C25H31N7O. The third-order valence-electron chi connectivity index (χ3n) is 5.29. The average Bonchev–Trinajstić information content (AvgIpc) is 3.29. The molecule has 3 heterocycles. The van der Waals surface area contributed by atoms with Crippen molar-refractivity contribution in [2.24, 2.45) is 5.92 Å². The molecule has 3 aromatic heterocycles. The van der Waals surface area contributed by atoms with Gasteiger partial charge in [-0.25, -0.2) is 9.97 Å². The van der Waals surface area contributed by atoms with Gasteiger partial charge in [0.25, 0.3) is 11.9 Å². The van der Waals surface area contributed by atoms with Gasteiger partial charge >= 0.3 is 0 Å². The first-order valence-corrected chi connectivity index (χ1v) is 11.0. The first-order valence-electron chi connectivity index (χ1n) is 11.0. The number of hydrogen-bond acceptors (Lipinski definition) is 5. The fraction of sp³-hybridized carbons (Fsp3) is 0.400. The second-order valence-electron chi connectivity index (χ2n) is 9.58. The lowest BCUT2D eigenvalue weighted by molar-refractivity contribution is -0.112. The highest BCUT2D eigenvalue weighted by Crippen LogP contribution is 2.26. The zero-order chi connectivity index (χ0) is 24.3. The summed E-state index contributed by atoms with van der Waals surface area (Å²) in [5.41, 5.74) is 3.51.